The Morgan fingerprint density at radius 2 is 2.06 bits per heavy atom. The van der Waals surface area contributed by atoms with E-state index in [0.29, 0.717) is 13.0 Å². The van der Waals surface area contributed by atoms with Gasteiger partial charge in [-0.25, -0.2) is 18.0 Å². The summed E-state index contributed by atoms with van der Waals surface area (Å²) in [7, 11) is -3.26. The van der Waals surface area contributed by atoms with E-state index in [2.05, 4.69) is 17.2 Å². The van der Waals surface area contributed by atoms with Crippen molar-refractivity contribution in [1.82, 2.24) is 10.6 Å². The second kappa shape index (κ2) is 7.70. The molecular weight excluding hydrogens is 260 g/mol. The third kappa shape index (κ3) is 8.57. The molecule has 0 saturated carbocycles. The number of rotatable bonds is 8. The molecule has 0 radical (unpaired) electrons. The Bertz CT molecular complexity index is 404. The molecule has 7 nitrogen and oxygen atoms in total. The van der Waals surface area contributed by atoms with E-state index in [1.165, 1.54) is 0 Å². The van der Waals surface area contributed by atoms with Crippen LogP contribution in [-0.2, 0) is 14.6 Å². The lowest BCUT2D eigenvalue weighted by Gasteiger charge is -2.14. The first-order valence-corrected chi connectivity index (χ1v) is 7.38. The molecule has 0 aromatic carbocycles. The smallest absolute Gasteiger partial charge is 0.326 e. The Hall–Kier alpha value is -1.57. The van der Waals surface area contributed by atoms with Crippen molar-refractivity contribution in [3.8, 4) is 0 Å². The van der Waals surface area contributed by atoms with Crippen LogP contribution in [0.5, 0.6) is 0 Å². The second-order valence-electron chi connectivity index (χ2n) is 3.79. The van der Waals surface area contributed by atoms with E-state index in [0.717, 1.165) is 6.26 Å². The predicted octanol–water partition coefficient (Wildman–Crippen LogP) is -0.250. The number of hydrogen-bond acceptors (Lipinski definition) is 4. The maximum Gasteiger partial charge on any atom is 0.326 e. The summed E-state index contributed by atoms with van der Waals surface area (Å²) in [5.41, 5.74) is 0. The third-order valence-electron chi connectivity index (χ3n) is 2.01. The molecule has 0 heterocycles. The first-order valence-electron chi connectivity index (χ1n) is 5.32. The van der Waals surface area contributed by atoms with Gasteiger partial charge in [0.2, 0.25) is 0 Å². The average Bonchev–Trinajstić information content (AvgIpc) is 2.22. The molecule has 18 heavy (non-hydrogen) atoms. The average molecular weight is 278 g/mol. The number of carbonyl (C=O) groups is 2. The normalized spacial score (nSPS) is 12.5. The number of amides is 2. The summed E-state index contributed by atoms with van der Waals surface area (Å²) >= 11 is 0. The SMILES string of the molecule is C=CCCNC(=O)NC(CCS(C)(=O)=O)C(=O)O. The van der Waals surface area contributed by atoms with Crippen molar-refractivity contribution in [2.45, 2.75) is 18.9 Å². The lowest BCUT2D eigenvalue weighted by Crippen LogP contribution is -2.46. The number of urea groups is 1. The number of carboxylic acids is 1. The van der Waals surface area contributed by atoms with Crippen LogP contribution in [0.4, 0.5) is 4.79 Å². The highest BCUT2D eigenvalue weighted by molar-refractivity contribution is 7.90. The minimum absolute atomic E-state index is 0.164. The molecule has 8 heteroatoms. The van der Waals surface area contributed by atoms with Gasteiger partial charge in [0.1, 0.15) is 15.9 Å². The highest BCUT2D eigenvalue weighted by Crippen LogP contribution is 1.97. The molecule has 0 fully saturated rings. The topological polar surface area (TPSA) is 113 Å². The van der Waals surface area contributed by atoms with Crippen molar-refractivity contribution in [2.24, 2.45) is 0 Å². The summed E-state index contributed by atoms with van der Waals surface area (Å²) in [6.45, 7) is 3.81. The van der Waals surface area contributed by atoms with Gasteiger partial charge in [0, 0.05) is 12.8 Å². The predicted molar refractivity (Wildman–Crippen MR) is 67.1 cm³/mol. The summed E-state index contributed by atoms with van der Waals surface area (Å²) in [4.78, 5) is 22.1. The Balaban J connectivity index is 4.23. The zero-order valence-electron chi connectivity index (χ0n) is 10.2. The highest BCUT2D eigenvalue weighted by atomic mass is 32.2. The zero-order chi connectivity index (χ0) is 14.2. The van der Waals surface area contributed by atoms with Crippen molar-refractivity contribution in [3.63, 3.8) is 0 Å². The highest BCUT2D eigenvalue weighted by Gasteiger charge is 2.21. The molecule has 0 aliphatic rings. The van der Waals surface area contributed by atoms with Crippen LogP contribution < -0.4 is 10.6 Å². The molecule has 0 saturated heterocycles. The molecule has 0 rings (SSSR count). The van der Waals surface area contributed by atoms with E-state index in [1.807, 2.05) is 0 Å². The van der Waals surface area contributed by atoms with Crippen LogP contribution in [0.3, 0.4) is 0 Å². The molecule has 1 atom stereocenters. The number of aliphatic carboxylic acids is 1. The first kappa shape index (κ1) is 16.4. The molecule has 3 N–H and O–H groups in total. The maximum absolute atomic E-state index is 11.3. The Morgan fingerprint density at radius 1 is 1.44 bits per heavy atom. The van der Waals surface area contributed by atoms with E-state index in [1.54, 1.807) is 6.08 Å². The molecule has 104 valence electrons. The van der Waals surface area contributed by atoms with Gasteiger partial charge in [0.05, 0.1) is 5.75 Å². The fourth-order valence-corrected chi connectivity index (χ4v) is 1.75. The van der Waals surface area contributed by atoms with Crippen LogP contribution in [0.2, 0.25) is 0 Å². The second-order valence-corrected chi connectivity index (χ2v) is 6.05. The summed E-state index contributed by atoms with van der Waals surface area (Å²) < 4.78 is 21.8. The number of carbonyl (C=O) groups excluding carboxylic acids is 1. The fourth-order valence-electron chi connectivity index (χ4n) is 1.09. The quantitative estimate of drug-likeness (QED) is 0.418. The van der Waals surface area contributed by atoms with E-state index >= 15 is 0 Å². The number of nitrogens with one attached hydrogen (secondary N) is 2. The van der Waals surface area contributed by atoms with Crippen molar-refractivity contribution < 1.29 is 23.1 Å². The minimum Gasteiger partial charge on any atom is -0.480 e. The van der Waals surface area contributed by atoms with E-state index in [-0.39, 0.29) is 12.2 Å². The van der Waals surface area contributed by atoms with E-state index in [9.17, 15) is 18.0 Å². The lowest BCUT2D eigenvalue weighted by molar-refractivity contribution is -0.139. The fraction of sp³-hybridized carbons (Fsp3) is 0.600. The first-order chi connectivity index (χ1) is 8.26. The van der Waals surface area contributed by atoms with Gasteiger partial charge < -0.3 is 15.7 Å². The molecule has 1 unspecified atom stereocenters. The lowest BCUT2D eigenvalue weighted by atomic mass is 10.2. The minimum atomic E-state index is -3.26. The molecular formula is C10H18N2O5S. The van der Waals surface area contributed by atoms with Crippen LogP contribution in [0.25, 0.3) is 0 Å². The Labute approximate surface area is 106 Å². The van der Waals surface area contributed by atoms with Gasteiger partial charge in [-0.1, -0.05) is 6.08 Å². The Kier molecular flexibility index (Phi) is 7.03. The molecule has 0 aliphatic carbocycles. The summed E-state index contributed by atoms with van der Waals surface area (Å²) in [6, 6.07) is -1.86. The van der Waals surface area contributed by atoms with Gasteiger partial charge in [0.25, 0.3) is 0 Å². The van der Waals surface area contributed by atoms with Gasteiger partial charge in [-0.15, -0.1) is 6.58 Å². The van der Waals surface area contributed by atoms with Gasteiger partial charge in [-0.3, -0.25) is 0 Å². The van der Waals surface area contributed by atoms with E-state index < -0.39 is 27.9 Å². The van der Waals surface area contributed by atoms with E-state index in [4.69, 9.17) is 5.11 Å². The van der Waals surface area contributed by atoms with Crippen LogP contribution in [-0.4, -0.2) is 50.1 Å². The Morgan fingerprint density at radius 3 is 2.50 bits per heavy atom. The van der Waals surface area contributed by atoms with Crippen LogP contribution in [0.15, 0.2) is 12.7 Å². The summed E-state index contributed by atoms with van der Waals surface area (Å²) in [6.07, 6.45) is 3.02. The standard InChI is InChI=1S/C10H18N2O5S/c1-3-4-6-11-10(15)12-8(9(13)14)5-7-18(2,16)17/h3,8H,1,4-7H2,2H3,(H,13,14)(H2,11,12,15). The monoisotopic (exact) mass is 278 g/mol. The maximum atomic E-state index is 11.3. The van der Waals surface area contributed by atoms with Gasteiger partial charge in [-0.05, 0) is 12.8 Å². The van der Waals surface area contributed by atoms with Crippen LogP contribution in [0, 0.1) is 0 Å². The molecule has 0 aromatic rings. The van der Waals surface area contributed by atoms with Crippen molar-refractivity contribution in [1.29, 1.82) is 0 Å². The summed E-state index contributed by atoms with van der Waals surface area (Å²) in [5.74, 6) is -1.56. The van der Waals surface area contributed by atoms with Crippen LogP contribution >= 0.6 is 0 Å². The van der Waals surface area contributed by atoms with Gasteiger partial charge >= 0.3 is 12.0 Å². The third-order valence-corrected chi connectivity index (χ3v) is 2.99. The zero-order valence-corrected chi connectivity index (χ0v) is 11.0. The number of sulfone groups is 1. The number of hydrogen-bond donors (Lipinski definition) is 3. The molecule has 0 bridgehead atoms. The van der Waals surface area contributed by atoms with Crippen LogP contribution in [0.1, 0.15) is 12.8 Å². The van der Waals surface area contributed by atoms with Gasteiger partial charge in [-0.2, -0.15) is 0 Å². The molecule has 0 spiro atoms. The van der Waals surface area contributed by atoms with Crippen molar-refractivity contribution in [2.75, 3.05) is 18.6 Å². The van der Waals surface area contributed by atoms with Crippen molar-refractivity contribution >= 4 is 21.8 Å². The number of carboxylic acid groups (broad SMARTS) is 1. The summed E-state index contributed by atoms with van der Waals surface area (Å²) in [5, 5.41) is 13.5. The largest absolute Gasteiger partial charge is 0.480 e. The van der Waals surface area contributed by atoms with Gasteiger partial charge in [0.15, 0.2) is 0 Å². The van der Waals surface area contributed by atoms with Crippen molar-refractivity contribution in [3.05, 3.63) is 12.7 Å². The molecule has 2 amide bonds. The molecule has 0 aliphatic heterocycles. The molecule has 0 aromatic heterocycles.